The smallest absolute Gasteiger partial charge is 0.171 e. The quantitative estimate of drug-likeness (QED) is 0.484. The van der Waals surface area contributed by atoms with Gasteiger partial charge in [-0.15, -0.1) is 0 Å². The molecule has 2 aromatic heterocycles. The third kappa shape index (κ3) is 6.90. The molecule has 4 N–H and O–H groups in total. The Kier molecular flexibility index (Phi) is 7.74. The third-order valence-corrected chi connectivity index (χ3v) is 6.39. The van der Waals surface area contributed by atoms with E-state index >= 15 is 0 Å². The van der Waals surface area contributed by atoms with E-state index in [0.717, 1.165) is 11.4 Å². The van der Waals surface area contributed by atoms with Crippen molar-refractivity contribution in [3.05, 3.63) is 24.8 Å². The van der Waals surface area contributed by atoms with Gasteiger partial charge in [0.25, 0.3) is 0 Å². The highest BCUT2D eigenvalue weighted by atomic mass is 32.1. The topological polar surface area (TPSA) is 83.8 Å². The number of rotatable bonds is 6. The van der Waals surface area contributed by atoms with Crippen LogP contribution in [0.15, 0.2) is 24.8 Å². The van der Waals surface area contributed by atoms with Crippen LogP contribution in [0, 0.1) is 0 Å². The number of anilines is 2. The van der Waals surface area contributed by atoms with Crippen molar-refractivity contribution in [2.45, 2.75) is 83.0 Å². The maximum atomic E-state index is 5.45. The van der Waals surface area contributed by atoms with Crippen LogP contribution >= 0.6 is 24.4 Å². The van der Waals surface area contributed by atoms with Gasteiger partial charge in [-0.2, -0.15) is 10.2 Å². The molecule has 10 heteroatoms. The summed E-state index contributed by atoms with van der Waals surface area (Å²) in [6.45, 7) is 0.509. The molecular formula is C21H32N8S2. The Labute approximate surface area is 194 Å². The van der Waals surface area contributed by atoms with Crippen LogP contribution in [-0.4, -0.2) is 41.9 Å². The van der Waals surface area contributed by atoms with E-state index in [9.17, 15) is 0 Å². The summed E-state index contributed by atoms with van der Waals surface area (Å²) in [5, 5.41) is 23.4. The Balaban J connectivity index is 1.22. The normalized spacial score (nSPS) is 17.8. The van der Waals surface area contributed by atoms with E-state index in [1.165, 1.54) is 64.2 Å². The maximum Gasteiger partial charge on any atom is 0.171 e. The fourth-order valence-electron chi connectivity index (χ4n) is 4.36. The highest BCUT2D eigenvalue weighted by Crippen LogP contribution is 2.18. The lowest BCUT2D eigenvalue weighted by Crippen LogP contribution is -2.38. The molecule has 0 spiro atoms. The lowest BCUT2D eigenvalue weighted by molar-refractivity contribution is 0.414. The Morgan fingerprint density at radius 3 is 1.58 bits per heavy atom. The summed E-state index contributed by atoms with van der Waals surface area (Å²) >= 11 is 10.9. The Hall–Kier alpha value is -2.20. The van der Waals surface area contributed by atoms with E-state index in [0.29, 0.717) is 29.0 Å². The van der Waals surface area contributed by atoms with Crippen LogP contribution in [0.5, 0.6) is 0 Å². The number of nitrogens with one attached hydrogen (secondary N) is 4. The van der Waals surface area contributed by atoms with Crippen LogP contribution in [-0.2, 0) is 6.67 Å². The summed E-state index contributed by atoms with van der Waals surface area (Å²) in [4.78, 5) is 0. The largest absolute Gasteiger partial charge is 0.360 e. The molecule has 0 aromatic carbocycles. The van der Waals surface area contributed by atoms with Crippen molar-refractivity contribution >= 4 is 46.0 Å². The van der Waals surface area contributed by atoms with E-state index in [4.69, 9.17) is 24.4 Å². The van der Waals surface area contributed by atoms with Gasteiger partial charge in [-0.25, -0.2) is 9.36 Å². The lowest BCUT2D eigenvalue weighted by atomic mass is 9.96. The van der Waals surface area contributed by atoms with E-state index in [-0.39, 0.29) is 0 Å². The highest BCUT2D eigenvalue weighted by Gasteiger charge is 2.15. The van der Waals surface area contributed by atoms with Crippen molar-refractivity contribution in [2.24, 2.45) is 0 Å². The molecule has 2 aliphatic carbocycles. The Morgan fingerprint density at radius 1 is 0.742 bits per heavy atom. The minimum atomic E-state index is 0.484. The molecule has 0 bridgehead atoms. The molecule has 0 aliphatic heterocycles. The first-order valence-corrected chi connectivity index (χ1v) is 12.2. The van der Waals surface area contributed by atoms with Gasteiger partial charge in [-0.1, -0.05) is 38.5 Å². The minimum absolute atomic E-state index is 0.484. The highest BCUT2D eigenvalue weighted by molar-refractivity contribution is 7.80. The fraction of sp³-hybridized carbons (Fsp3) is 0.619. The van der Waals surface area contributed by atoms with E-state index < -0.39 is 0 Å². The second kappa shape index (κ2) is 10.9. The van der Waals surface area contributed by atoms with Crippen molar-refractivity contribution in [3.8, 4) is 0 Å². The maximum absolute atomic E-state index is 5.45. The van der Waals surface area contributed by atoms with Crippen LogP contribution in [0.4, 0.5) is 11.4 Å². The summed E-state index contributed by atoms with van der Waals surface area (Å²) in [5.41, 5.74) is 1.74. The standard InChI is InChI=1S/C21H32N8S2/c30-20(24-16-7-3-1-4-8-16)26-18-11-22-28(13-18)15-29-14-19(12-23-29)27-21(31)25-17-9-5-2-6-10-17/h11-14,16-17H,1-10,15H2,(H2,24,26,30)(H2,25,27,31). The molecule has 0 unspecified atom stereocenters. The second-order valence-corrected chi connectivity index (χ2v) is 9.36. The molecule has 8 nitrogen and oxygen atoms in total. The van der Waals surface area contributed by atoms with Crippen LogP contribution in [0.25, 0.3) is 0 Å². The van der Waals surface area contributed by atoms with Crippen LogP contribution in [0.1, 0.15) is 64.2 Å². The summed E-state index contributed by atoms with van der Waals surface area (Å²) < 4.78 is 3.64. The van der Waals surface area contributed by atoms with Gasteiger partial charge in [0, 0.05) is 12.1 Å². The van der Waals surface area contributed by atoms with Gasteiger partial charge in [-0.3, -0.25) is 0 Å². The van der Waals surface area contributed by atoms with Gasteiger partial charge in [0.15, 0.2) is 10.2 Å². The number of hydrogen-bond acceptors (Lipinski definition) is 4. The SMILES string of the molecule is S=C(Nc1cnn(Cn2cc(NC(=S)NC3CCCCC3)cn2)c1)NC1CCCCC1. The summed E-state index contributed by atoms with van der Waals surface area (Å²) in [6, 6.07) is 0.968. The number of thiocarbonyl (C=S) groups is 2. The molecule has 0 radical (unpaired) electrons. The first-order chi connectivity index (χ1) is 15.1. The van der Waals surface area contributed by atoms with Gasteiger partial charge < -0.3 is 21.3 Å². The zero-order valence-corrected chi connectivity index (χ0v) is 19.5. The van der Waals surface area contributed by atoms with Gasteiger partial charge in [0.05, 0.1) is 36.2 Å². The van der Waals surface area contributed by atoms with Gasteiger partial charge in [-0.05, 0) is 50.1 Å². The van der Waals surface area contributed by atoms with Gasteiger partial charge in [0.1, 0.15) is 6.67 Å². The van der Waals surface area contributed by atoms with Crippen molar-refractivity contribution < 1.29 is 0 Å². The molecule has 4 rings (SSSR count). The monoisotopic (exact) mass is 460 g/mol. The molecule has 2 fully saturated rings. The Morgan fingerprint density at radius 2 is 1.16 bits per heavy atom. The fourth-order valence-corrected chi connectivity index (χ4v) is 4.93. The molecule has 2 heterocycles. The first-order valence-electron chi connectivity index (χ1n) is 11.3. The number of nitrogens with zero attached hydrogens (tertiary/aromatic N) is 4. The van der Waals surface area contributed by atoms with E-state index in [2.05, 4.69) is 31.5 Å². The predicted molar refractivity (Wildman–Crippen MR) is 132 cm³/mol. The molecule has 168 valence electrons. The molecule has 0 amide bonds. The molecule has 0 saturated heterocycles. The average Bonchev–Trinajstić information content (AvgIpc) is 3.38. The number of hydrogen-bond donors (Lipinski definition) is 4. The number of aromatic nitrogens is 4. The first kappa shape index (κ1) is 22.0. The van der Waals surface area contributed by atoms with Crippen molar-refractivity contribution in [2.75, 3.05) is 10.6 Å². The second-order valence-electron chi connectivity index (χ2n) is 8.55. The van der Waals surface area contributed by atoms with E-state index in [1.807, 2.05) is 21.8 Å². The Bertz CT molecular complexity index is 794. The zero-order chi connectivity index (χ0) is 21.5. The predicted octanol–water partition coefficient (Wildman–Crippen LogP) is 3.82. The lowest BCUT2D eigenvalue weighted by Gasteiger charge is -2.24. The molecule has 31 heavy (non-hydrogen) atoms. The van der Waals surface area contributed by atoms with Gasteiger partial charge >= 0.3 is 0 Å². The molecular weight excluding hydrogens is 428 g/mol. The minimum Gasteiger partial charge on any atom is -0.360 e. The van der Waals surface area contributed by atoms with Crippen molar-refractivity contribution in [1.29, 1.82) is 0 Å². The van der Waals surface area contributed by atoms with Crippen molar-refractivity contribution in [3.63, 3.8) is 0 Å². The van der Waals surface area contributed by atoms with Crippen LogP contribution < -0.4 is 21.3 Å². The van der Waals surface area contributed by atoms with Gasteiger partial charge in [0.2, 0.25) is 0 Å². The third-order valence-electron chi connectivity index (χ3n) is 5.95. The molecule has 2 aliphatic rings. The average molecular weight is 461 g/mol. The molecule has 2 aromatic rings. The summed E-state index contributed by atoms with van der Waals surface area (Å²) in [5.74, 6) is 0. The summed E-state index contributed by atoms with van der Waals surface area (Å²) in [6.07, 6.45) is 20.0. The zero-order valence-electron chi connectivity index (χ0n) is 17.8. The van der Waals surface area contributed by atoms with Crippen LogP contribution in [0.2, 0.25) is 0 Å². The molecule has 0 atom stereocenters. The molecule has 2 saturated carbocycles. The van der Waals surface area contributed by atoms with Crippen LogP contribution in [0.3, 0.4) is 0 Å². The van der Waals surface area contributed by atoms with E-state index in [1.54, 1.807) is 12.4 Å². The van der Waals surface area contributed by atoms with Crippen molar-refractivity contribution in [1.82, 2.24) is 30.2 Å². The summed E-state index contributed by atoms with van der Waals surface area (Å²) in [7, 11) is 0.